The Morgan fingerprint density at radius 1 is 1.22 bits per heavy atom. The van der Waals surface area contributed by atoms with Crippen molar-refractivity contribution in [1.82, 2.24) is 15.5 Å². The standard InChI is InChI=1S/C17H20ClN3OS/c18-12-6-8-13(9-7-12)23-11-17(22)19-10-16-14-4-2-1-3-5-15(14)20-21-16/h6-9H,1-5,10-11H2,(H,19,22)(H,20,21). The van der Waals surface area contributed by atoms with Gasteiger partial charge in [-0.3, -0.25) is 9.89 Å². The van der Waals surface area contributed by atoms with Crippen LogP contribution in [-0.2, 0) is 24.2 Å². The molecule has 6 heteroatoms. The van der Waals surface area contributed by atoms with Gasteiger partial charge in [-0.2, -0.15) is 5.10 Å². The number of hydrogen-bond acceptors (Lipinski definition) is 3. The van der Waals surface area contributed by atoms with Crippen molar-refractivity contribution in [2.45, 2.75) is 43.5 Å². The first kappa shape index (κ1) is 16.4. The summed E-state index contributed by atoms with van der Waals surface area (Å²) >= 11 is 7.36. The van der Waals surface area contributed by atoms with E-state index in [0.717, 1.165) is 23.4 Å². The lowest BCUT2D eigenvalue weighted by Crippen LogP contribution is -2.25. The number of thioether (sulfide) groups is 1. The largest absolute Gasteiger partial charge is 0.350 e. The molecule has 0 aliphatic heterocycles. The number of carbonyl (C=O) groups excluding carboxylic acids is 1. The molecule has 0 atom stereocenters. The van der Waals surface area contributed by atoms with Crippen LogP contribution in [0.3, 0.4) is 0 Å². The van der Waals surface area contributed by atoms with Crippen LogP contribution < -0.4 is 5.32 Å². The molecule has 1 aromatic heterocycles. The Morgan fingerprint density at radius 2 is 2.00 bits per heavy atom. The van der Waals surface area contributed by atoms with Crippen molar-refractivity contribution in [3.63, 3.8) is 0 Å². The van der Waals surface area contributed by atoms with E-state index < -0.39 is 0 Å². The monoisotopic (exact) mass is 349 g/mol. The number of rotatable bonds is 5. The molecule has 1 amide bonds. The van der Waals surface area contributed by atoms with Gasteiger partial charge in [-0.15, -0.1) is 11.8 Å². The number of halogens is 1. The van der Waals surface area contributed by atoms with Gasteiger partial charge in [0.2, 0.25) is 5.91 Å². The van der Waals surface area contributed by atoms with Crippen LogP contribution in [0, 0.1) is 0 Å². The molecular formula is C17H20ClN3OS. The normalized spacial score (nSPS) is 14.1. The molecule has 0 spiro atoms. The maximum atomic E-state index is 12.0. The molecule has 1 heterocycles. The zero-order valence-corrected chi connectivity index (χ0v) is 14.5. The summed E-state index contributed by atoms with van der Waals surface area (Å²) in [5.74, 6) is 0.421. The van der Waals surface area contributed by atoms with E-state index in [2.05, 4.69) is 15.5 Å². The maximum Gasteiger partial charge on any atom is 0.230 e. The van der Waals surface area contributed by atoms with Crippen LogP contribution in [0.25, 0.3) is 0 Å². The molecule has 0 saturated carbocycles. The number of hydrogen-bond donors (Lipinski definition) is 2. The molecule has 2 N–H and O–H groups in total. The molecule has 122 valence electrons. The molecule has 0 fully saturated rings. The van der Waals surface area contributed by atoms with Gasteiger partial charge in [0.1, 0.15) is 0 Å². The van der Waals surface area contributed by atoms with Crippen molar-refractivity contribution < 1.29 is 4.79 Å². The van der Waals surface area contributed by atoms with E-state index in [-0.39, 0.29) is 5.91 Å². The molecule has 0 bridgehead atoms. The Morgan fingerprint density at radius 3 is 2.83 bits per heavy atom. The Bertz CT molecular complexity index is 669. The third-order valence-electron chi connectivity index (χ3n) is 4.03. The highest BCUT2D eigenvalue weighted by molar-refractivity contribution is 8.00. The molecule has 0 saturated heterocycles. The van der Waals surface area contributed by atoms with Crippen molar-refractivity contribution >= 4 is 29.3 Å². The third kappa shape index (κ3) is 4.52. The van der Waals surface area contributed by atoms with Crippen molar-refractivity contribution in [1.29, 1.82) is 0 Å². The average molecular weight is 350 g/mol. The van der Waals surface area contributed by atoms with Crippen LogP contribution in [0.2, 0.25) is 5.02 Å². The minimum absolute atomic E-state index is 0.0234. The predicted molar refractivity (Wildman–Crippen MR) is 93.9 cm³/mol. The molecular weight excluding hydrogens is 330 g/mol. The van der Waals surface area contributed by atoms with Gasteiger partial charge in [-0.1, -0.05) is 18.0 Å². The number of aromatic nitrogens is 2. The molecule has 23 heavy (non-hydrogen) atoms. The van der Waals surface area contributed by atoms with Gasteiger partial charge in [0.15, 0.2) is 0 Å². The zero-order chi connectivity index (χ0) is 16.1. The fraction of sp³-hybridized carbons (Fsp3) is 0.412. The number of benzene rings is 1. The molecule has 3 rings (SSSR count). The first-order valence-corrected chi connectivity index (χ1v) is 9.29. The van der Waals surface area contributed by atoms with Gasteiger partial charge >= 0.3 is 0 Å². The van der Waals surface area contributed by atoms with Crippen LogP contribution in [0.4, 0.5) is 0 Å². The Labute approximate surface area is 145 Å². The highest BCUT2D eigenvalue weighted by Crippen LogP contribution is 2.22. The summed E-state index contributed by atoms with van der Waals surface area (Å²) in [6, 6.07) is 7.52. The van der Waals surface area contributed by atoms with Gasteiger partial charge in [-0.05, 0) is 55.5 Å². The van der Waals surface area contributed by atoms with E-state index in [1.807, 2.05) is 24.3 Å². The van der Waals surface area contributed by atoms with Crippen LogP contribution in [0.5, 0.6) is 0 Å². The maximum absolute atomic E-state index is 12.0. The van der Waals surface area contributed by atoms with E-state index in [0.29, 0.717) is 17.3 Å². The van der Waals surface area contributed by atoms with Gasteiger partial charge in [0.05, 0.1) is 18.0 Å². The van der Waals surface area contributed by atoms with E-state index in [4.69, 9.17) is 11.6 Å². The summed E-state index contributed by atoms with van der Waals surface area (Å²) in [7, 11) is 0. The smallest absolute Gasteiger partial charge is 0.230 e. The van der Waals surface area contributed by atoms with E-state index in [1.165, 1.54) is 42.3 Å². The van der Waals surface area contributed by atoms with Crippen LogP contribution in [0.15, 0.2) is 29.2 Å². The molecule has 4 nitrogen and oxygen atoms in total. The first-order valence-electron chi connectivity index (χ1n) is 7.92. The number of nitrogens with one attached hydrogen (secondary N) is 2. The van der Waals surface area contributed by atoms with Gasteiger partial charge in [0, 0.05) is 15.6 Å². The quantitative estimate of drug-likeness (QED) is 0.638. The summed E-state index contributed by atoms with van der Waals surface area (Å²) in [6.07, 6.45) is 5.84. The number of aryl methyl sites for hydroxylation is 1. The van der Waals surface area contributed by atoms with E-state index in [1.54, 1.807) is 0 Å². The van der Waals surface area contributed by atoms with Crippen molar-refractivity contribution in [2.24, 2.45) is 0 Å². The summed E-state index contributed by atoms with van der Waals surface area (Å²) in [5, 5.41) is 11.2. The molecule has 0 radical (unpaired) electrons. The Kier molecular flexibility index (Phi) is 5.62. The highest BCUT2D eigenvalue weighted by Gasteiger charge is 2.16. The fourth-order valence-electron chi connectivity index (χ4n) is 2.79. The zero-order valence-electron chi connectivity index (χ0n) is 12.9. The molecule has 0 unspecified atom stereocenters. The minimum Gasteiger partial charge on any atom is -0.350 e. The third-order valence-corrected chi connectivity index (χ3v) is 5.29. The fourth-order valence-corrected chi connectivity index (χ4v) is 3.64. The van der Waals surface area contributed by atoms with Crippen LogP contribution in [0.1, 0.15) is 36.2 Å². The van der Waals surface area contributed by atoms with Crippen LogP contribution in [-0.4, -0.2) is 21.9 Å². The summed E-state index contributed by atoms with van der Waals surface area (Å²) in [5.41, 5.74) is 3.56. The van der Waals surface area contributed by atoms with Crippen molar-refractivity contribution in [3.8, 4) is 0 Å². The van der Waals surface area contributed by atoms with E-state index in [9.17, 15) is 4.79 Å². The topological polar surface area (TPSA) is 57.8 Å². The number of nitrogens with zero attached hydrogens (tertiary/aromatic N) is 1. The van der Waals surface area contributed by atoms with E-state index >= 15 is 0 Å². The lowest BCUT2D eigenvalue weighted by Gasteiger charge is -2.06. The highest BCUT2D eigenvalue weighted by atomic mass is 35.5. The minimum atomic E-state index is 0.0234. The van der Waals surface area contributed by atoms with Gasteiger partial charge in [-0.25, -0.2) is 0 Å². The molecule has 1 aromatic carbocycles. The van der Waals surface area contributed by atoms with Crippen LogP contribution >= 0.6 is 23.4 Å². The second-order valence-corrected chi connectivity index (χ2v) is 7.19. The number of aromatic amines is 1. The number of amides is 1. The number of carbonyl (C=O) groups is 1. The lowest BCUT2D eigenvalue weighted by molar-refractivity contribution is -0.118. The number of fused-ring (bicyclic) bond motifs is 1. The van der Waals surface area contributed by atoms with Crippen molar-refractivity contribution in [2.75, 3.05) is 5.75 Å². The molecule has 2 aromatic rings. The lowest BCUT2D eigenvalue weighted by atomic mass is 10.1. The first-order chi connectivity index (χ1) is 11.2. The second kappa shape index (κ2) is 7.88. The SMILES string of the molecule is O=C(CSc1ccc(Cl)cc1)NCc1n[nH]c2c1CCCCC2. The summed E-state index contributed by atoms with van der Waals surface area (Å²) < 4.78 is 0. The van der Waals surface area contributed by atoms with Gasteiger partial charge < -0.3 is 5.32 Å². The second-order valence-electron chi connectivity index (χ2n) is 5.71. The predicted octanol–water partition coefficient (Wildman–Crippen LogP) is 3.74. The molecule has 1 aliphatic carbocycles. The Balaban J connectivity index is 1.49. The van der Waals surface area contributed by atoms with Gasteiger partial charge in [0.25, 0.3) is 0 Å². The Hall–Kier alpha value is -1.46. The van der Waals surface area contributed by atoms with Crippen molar-refractivity contribution in [3.05, 3.63) is 46.2 Å². The number of H-pyrrole nitrogens is 1. The molecule has 1 aliphatic rings. The summed E-state index contributed by atoms with van der Waals surface area (Å²) in [4.78, 5) is 13.1. The average Bonchev–Trinajstić information content (AvgIpc) is 2.79. The summed E-state index contributed by atoms with van der Waals surface area (Å²) in [6.45, 7) is 0.506.